The molecule has 0 aromatic carbocycles. The van der Waals surface area contributed by atoms with Crippen LogP contribution in [0.5, 0.6) is 0 Å². The lowest BCUT2D eigenvalue weighted by Crippen LogP contribution is -1.93. The first-order chi connectivity index (χ1) is 9.85. The van der Waals surface area contributed by atoms with E-state index in [1.54, 1.807) is 6.20 Å². The van der Waals surface area contributed by atoms with Crippen molar-refractivity contribution in [2.75, 3.05) is 0 Å². The Morgan fingerprint density at radius 1 is 1.15 bits per heavy atom. The normalized spacial score (nSPS) is 11.2. The summed E-state index contributed by atoms with van der Waals surface area (Å²) in [4.78, 5) is 8.80. The number of nitrogens with zero attached hydrogens (tertiary/aromatic N) is 4. The zero-order chi connectivity index (χ0) is 13.8. The summed E-state index contributed by atoms with van der Waals surface area (Å²) in [6.45, 7) is 4.41. The van der Waals surface area contributed by atoms with E-state index in [2.05, 4.69) is 21.6 Å². The van der Waals surface area contributed by atoms with Crippen LogP contribution in [0.25, 0.3) is 23.2 Å². The highest BCUT2D eigenvalue weighted by molar-refractivity contribution is 5.77. The zero-order valence-corrected chi connectivity index (χ0v) is 11.0. The average molecular weight is 262 g/mol. The molecule has 0 atom stereocenters. The maximum Gasteiger partial charge on any atom is 0.0893 e. The number of hydrogen-bond acceptors (Lipinski definition) is 3. The molecule has 0 fully saturated rings. The largest absolute Gasteiger partial charge is 0.268 e. The third-order valence-corrected chi connectivity index (χ3v) is 2.89. The fourth-order valence-electron chi connectivity index (χ4n) is 1.94. The minimum atomic E-state index is 0.716. The van der Waals surface area contributed by atoms with Gasteiger partial charge >= 0.3 is 0 Å². The Labute approximate surface area is 117 Å². The van der Waals surface area contributed by atoms with Crippen molar-refractivity contribution in [3.05, 3.63) is 66.8 Å². The Kier molecular flexibility index (Phi) is 3.37. The molecule has 4 nitrogen and oxygen atoms in total. The molecule has 0 aliphatic carbocycles. The van der Waals surface area contributed by atoms with Gasteiger partial charge in [0.15, 0.2) is 0 Å². The topological polar surface area (TPSA) is 43.6 Å². The molecule has 0 saturated heterocycles. The lowest BCUT2D eigenvalue weighted by atomic mass is 10.2. The van der Waals surface area contributed by atoms with E-state index in [1.807, 2.05) is 59.6 Å². The van der Waals surface area contributed by atoms with E-state index in [0.717, 1.165) is 22.3 Å². The summed E-state index contributed by atoms with van der Waals surface area (Å²) in [7, 11) is 0. The summed E-state index contributed by atoms with van der Waals surface area (Å²) in [6.07, 6.45) is 11.4. The van der Waals surface area contributed by atoms with Crippen LogP contribution in [-0.4, -0.2) is 19.7 Å². The number of hydrogen-bond donors (Lipinski definition) is 0. The molecule has 3 heterocycles. The number of allylic oxidation sites excluding steroid dienone is 1. The molecular formula is C16H14N4. The molecule has 0 aliphatic rings. The molecule has 0 aliphatic heterocycles. The zero-order valence-electron chi connectivity index (χ0n) is 11.0. The van der Waals surface area contributed by atoms with Crippen LogP contribution in [0.4, 0.5) is 0 Å². The van der Waals surface area contributed by atoms with Crippen LogP contribution in [0.3, 0.4) is 0 Å². The lowest BCUT2D eigenvalue weighted by Gasteiger charge is -1.97. The van der Waals surface area contributed by atoms with Gasteiger partial charge in [-0.2, -0.15) is 5.10 Å². The van der Waals surface area contributed by atoms with E-state index in [0.29, 0.717) is 6.54 Å². The highest BCUT2D eigenvalue weighted by Crippen LogP contribution is 2.11. The van der Waals surface area contributed by atoms with Gasteiger partial charge in [0.25, 0.3) is 0 Å². The van der Waals surface area contributed by atoms with Crippen LogP contribution in [-0.2, 0) is 6.54 Å². The highest BCUT2D eigenvalue weighted by Gasteiger charge is 1.97. The van der Waals surface area contributed by atoms with Crippen molar-refractivity contribution in [1.29, 1.82) is 0 Å². The molecular weight excluding hydrogens is 248 g/mol. The number of aromatic nitrogens is 4. The molecule has 3 aromatic rings. The predicted octanol–water partition coefficient (Wildman–Crippen LogP) is 3.18. The smallest absolute Gasteiger partial charge is 0.0893 e. The van der Waals surface area contributed by atoms with Crippen LogP contribution in [0.2, 0.25) is 0 Å². The third-order valence-electron chi connectivity index (χ3n) is 2.89. The first-order valence-electron chi connectivity index (χ1n) is 6.38. The Bertz CT molecular complexity index is 771. The molecule has 4 heteroatoms. The first-order valence-corrected chi connectivity index (χ1v) is 6.38. The van der Waals surface area contributed by atoms with E-state index in [9.17, 15) is 0 Å². The molecule has 0 spiro atoms. The van der Waals surface area contributed by atoms with Gasteiger partial charge in [-0.3, -0.25) is 9.67 Å². The van der Waals surface area contributed by atoms with Gasteiger partial charge in [0.1, 0.15) is 0 Å². The van der Waals surface area contributed by atoms with Gasteiger partial charge in [0, 0.05) is 18.0 Å². The van der Waals surface area contributed by atoms with Crippen molar-refractivity contribution >= 4 is 23.2 Å². The molecule has 3 aromatic heterocycles. The number of pyridine rings is 2. The van der Waals surface area contributed by atoms with Crippen molar-refractivity contribution in [3.8, 4) is 0 Å². The quantitative estimate of drug-likeness (QED) is 0.678. The molecule has 20 heavy (non-hydrogen) atoms. The van der Waals surface area contributed by atoms with Crippen LogP contribution in [0.15, 0.2) is 55.5 Å². The molecule has 98 valence electrons. The van der Waals surface area contributed by atoms with Gasteiger partial charge in [0.05, 0.1) is 29.5 Å². The van der Waals surface area contributed by atoms with Crippen LogP contribution >= 0.6 is 0 Å². The Morgan fingerprint density at radius 2 is 2.10 bits per heavy atom. The van der Waals surface area contributed by atoms with Crippen molar-refractivity contribution in [3.63, 3.8) is 0 Å². The second-order valence-electron chi connectivity index (χ2n) is 4.40. The fourth-order valence-corrected chi connectivity index (χ4v) is 1.94. The van der Waals surface area contributed by atoms with Crippen molar-refractivity contribution in [1.82, 2.24) is 19.7 Å². The molecule has 0 N–H and O–H groups in total. The number of rotatable bonds is 4. The predicted molar refractivity (Wildman–Crippen MR) is 80.9 cm³/mol. The molecule has 0 unspecified atom stereocenters. The maximum atomic E-state index is 4.54. The second kappa shape index (κ2) is 5.48. The maximum absolute atomic E-state index is 4.54. The van der Waals surface area contributed by atoms with Crippen LogP contribution in [0.1, 0.15) is 11.3 Å². The summed E-state index contributed by atoms with van der Waals surface area (Å²) in [6, 6.07) is 7.78. The Balaban J connectivity index is 1.83. The van der Waals surface area contributed by atoms with Crippen LogP contribution < -0.4 is 0 Å². The van der Waals surface area contributed by atoms with E-state index < -0.39 is 0 Å². The summed E-state index contributed by atoms with van der Waals surface area (Å²) < 4.78 is 1.84. The minimum Gasteiger partial charge on any atom is -0.268 e. The summed E-state index contributed by atoms with van der Waals surface area (Å²) in [5, 5.41) is 4.23. The number of fused-ring (bicyclic) bond motifs is 1. The first kappa shape index (κ1) is 12.3. The standard InChI is InChI=1S/C16H14N4/c1-2-10-20-12-13(11-18-20)5-6-14-7-8-15-16(19-14)4-3-9-17-15/h2-9,11-12H,1,10H2/b6-5+. The monoisotopic (exact) mass is 262 g/mol. The molecule has 0 saturated carbocycles. The van der Waals surface area contributed by atoms with Gasteiger partial charge in [-0.25, -0.2) is 4.98 Å². The SMILES string of the molecule is C=CCn1cc(/C=C/c2ccc3ncccc3n2)cn1. The summed E-state index contributed by atoms with van der Waals surface area (Å²) in [5.74, 6) is 0. The van der Waals surface area contributed by atoms with E-state index in [4.69, 9.17) is 0 Å². The van der Waals surface area contributed by atoms with Gasteiger partial charge in [-0.15, -0.1) is 6.58 Å². The summed E-state index contributed by atoms with van der Waals surface area (Å²) in [5.41, 5.74) is 3.75. The van der Waals surface area contributed by atoms with E-state index in [1.165, 1.54) is 0 Å². The second-order valence-corrected chi connectivity index (χ2v) is 4.40. The highest BCUT2D eigenvalue weighted by atomic mass is 15.3. The molecule has 0 bridgehead atoms. The molecule has 3 rings (SSSR count). The molecule has 0 radical (unpaired) electrons. The third kappa shape index (κ3) is 2.64. The van der Waals surface area contributed by atoms with E-state index >= 15 is 0 Å². The van der Waals surface area contributed by atoms with Crippen molar-refractivity contribution in [2.24, 2.45) is 0 Å². The lowest BCUT2D eigenvalue weighted by molar-refractivity contribution is 0.703. The Morgan fingerprint density at radius 3 is 3.00 bits per heavy atom. The van der Waals surface area contributed by atoms with Crippen molar-refractivity contribution < 1.29 is 0 Å². The minimum absolute atomic E-state index is 0.716. The van der Waals surface area contributed by atoms with Gasteiger partial charge < -0.3 is 0 Å². The fraction of sp³-hybridized carbons (Fsp3) is 0.0625. The van der Waals surface area contributed by atoms with E-state index in [-0.39, 0.29) is 0 Å². The van der Waals surface area contributed by atoms with Gasteiger partial charge in [0.2, 0.25) is 0 Å². The van der Waals surface area contributed by atoms with Crippen LogP contribution in [0, 0.1) is 0 Å². The summed E-state index contributed by atoms with van der Waals surface area (Å²) >= 11 is 0. The van der Waals surface area contributed by atoms with Gasteiger partial charge in [-0.1, -0.05) is 6.08 Å². The Hall–Kier alpha value is -2.75. The van der Waals surface area contributed by atoms with Gasteiger partial charge in [-0.05, 0) is 36.4 Å². The molecule has 0 amide bonds. The average Bonchev–Trinajstić information content (AvgIpc) is 2.93. The van der Waals surface area contributed by atoms with Crippen molar-refractivity contribution in [2.45, 2.75) is 6.54 Å².